The molecule has 1 atom stereocenters. The molecule has 1 fully saturated rings. The van der Waals surface area contributed by atoms with Gasteiger partial charge in [0, 0.05) is 41.8 Å². The zero-order chi connectivity index (χ0) is 28.9. The summed E-state index contributed by atoms with van der Waals surface area (Å²) in [5, 5.41) is 18.3. The molecule has 1 saturated carbocycles. The van der Waals surface area contributed by atoms with Gasteiger partial charge in [-0.25, -0.2) is 13.8 Å². The van der Waals surface area contributed by atoms with Gasteiger partial charge >= 0.3 is 0 Å². The van der Waals surface area contributed by atoms with Gasteiger partial charge in [0.25, 0.3) is 6.43 Å². The molecular formula is C27H27BClF3N8. The van der Waals surface area contributed by atoms with Crippen molar-refractivity contribution in [3.05, 3.63) is 70.7 Å². The fourth-order valence-electron chi connectivity index (χ4n) is 4.59. The van der Waals surface area contributed by atoms with Gasteiger partial charge in [-0.05, 0) is 36.5 Å². The molecule has 0 bridgehead atoms. The second-order valence-electron chi connectivity index (χ2n) is 11.3. The largest absolute Gasteiger partial charge is 0.383 e. The Morgan fingerprint density at radius 1 is 1.27 bits per heavy atom. The van der Waals surface area contributed by atoms with Crippen LogP contribution >= 0.6 is 11.6 Å². The Bertz CT molecular complexity index is 1530. The molecule has 13 heteroatoms. The van der Waals surface area contributed by atoms with E-state index in [1.165, 1.54) is 35.7 Å². The lowest BCUT2D eigenvalue weighted by molar-refractivity contribution is 0.00910. The van der Waals surface area contributed by atoms with Gasteiger partial charge in [0.1, 0.15) is 19.5 Å². The molecule has 5 rings (SSSR count). The fraction of sp³-hybridized carbons (Fsp3) is 0.370. The van der Waals surface area contributed by atoms with Crippen molar-refractivity contribution < 1.29 is 13.2 Å². The van der Waals surface area contributed by atoms with Crippen LogP contribution < -0.4 is 21.6 Å². The molecule has 206 valence electrons. The summed E-state index contributed by atoms with van der Waals surface area (Å²) in [4.78, 5) is 8.11. The summed E-state index contributed by atoms with van der Waals surface area (Å²) in [6.07, 6.45) is 2.11. The highest BCUT2D eigenvalue weighted by Crippen LogP contribution is 2.47. The van der Waals surface area contributed by atoms with E-state index in [1.807, 2.05) is 0 Å². The number of benzene rings is 1. The van der Waals surface area contributed by atoms with E-state index in [-0.39, 0.29) is 34.5 Å². The summed E-state index contributed by atoms with van der Waals surface area (Å²) < 4.78 is 42.7. The Balaban J connectivity index is 1.61. The molecule has 0 spiro atoms. The number of hydrazine groups is 2. The molecule has 3 heterocycles. The highest BCUT2D eigenvalue weighted by molar-refractivity contribution is 6.36. The number of halogens is 4. The lowest BCUT2D eigenvalue weighted by atomic mass is 9.69. The second kappa shape index (κ2) is 10.1. The Morgan fingerprint density at radius 3 is 2.65 bits per heavy atom. The van der Waals surface area contributed by atoms with E-state index in [4.69, 9.17) is 19.4 Å². The smallest absolute Gasteiger partial charge is 0.262 e. The van der Waals surface area contributed by atoms with Crippen LogP contribution in [-0.4, -0.2) is 41.3 Å². The van der Waals surface area contributed by atoms with Crippen molar-refractivity contribution in [3.8, 4) is 6.07 Å². The predicted octanol–water partition coefficient (Wildman–Crippen LogP) is 5.15. The average Bonchev–Trinajstić information content (AvgIpc) is 3.56. The van der Waals surface area contributed by atoms with Crippen molar-refractivity contribution >= 4 is 41.7 Å². The number of nitrogens with one attached hydrogen (secondary N) is 4. The molecule has 1 aromatic carbocycles. The number of hydrogen-bond donors (Lipinski definition) is 4. The third kappa shape index (κ3) is 5.00. The lowest BCUT2D eigenvalue weighted by Gasteiger charge is -2.34. The minimum Gasteiger partial charge on any atom is -0.383 e. The quantitative estimate of drug-likeness (QED) is 0.219. The monoisotopic (exact) mass is 566 g/mol. The number of anilines is 2. The maximum absolute atomic E-state index is 15.1. The van der Waals surface area contributed by atoms with Crippen molar-refractivity contribution in [2.45, 2.75) is 51.0 Å². The van der Waals surface area contributed by atoms with Gasteiger partial charge in [-0.15, -0.1) is 5.53 Å². The summed E-state index contributed by atoms with van der Waals surface area (Å²) >= 11 is 6.64. The number of aromatic nitrogens is 2. The summed E-state index contributed by atoms with van der Waals surface area (Å²) in [7, 11) is 6.86. The third-order valence-corrected chi connectivity index (χ3v) is 7.30. The van der Waals surface area contributed by atoms with Crippen LogP contribution in [0.3, 0.4) is 0 Å². The van der Waals surface area contributed by atoms with Gasteiger partial charge < -0.3 is 16.1 Å². The van der Waals surface area contributed by atoms with Gasteiger partial charge in [0.15, 0.2) is 0 Å². The molecule has 3 aromatic rings. The molecular weight excluding hydrogens is 540 g/mol. The minimum atomic E-state index is -2.60. The molecule has 2 aliphatic rings. The van der Waals surface area contributed by atoms with E-state index >= 15 is 4.39 Å². The highest BCUT2D eigenvalue weighted by Gasteiger charge is 2.57. The summed E-state index contributed by atoms with van der Waals surface area (Å²) in [5.74, 6) is -0.846. The van der Waals surface area contributed by atoms with E-state index in [9.17, 15) is 14.0 Å². The van der Waals surface area contributed by atoms with Gasteiger partial charge in [-0.1, -0.05) is 38.4 Å². The molecule has 2 aromatic heterocycles. The van der Waals surface area contributed by atoms with Crippen molar-refractivity contribution in [1.29, 1.82) is 5.26 Å². The van der Waals surface area contributed by atoms with Gasteiger partial charge in [0.05, 0.1) is 32.9 Å². The topological polar surface area (TPSA) is 101 Å². The zero-order valence-electron chi connectivity index (χ0n) is 22.1. The normalized spacial score (nSPS) is 17.7. The Labute approximate surface area is 236 Å². The maximum Gasteiger partial charge on any atom is 0.262 e. The van der Waals surface area contributed by atoms with Crippen molar-refractivity contribution in [1.82, 2.24) is 25.9 Å². The van der Waals surface area contributed by atoms with Crippen LogP contribution in [0.4, 0.5) is 24.5 Å². The van der Waals surface area contributed by atoms with Crippen LogP contribution in [0.5, 0.6) is 0 Å². The zero-order valence-corrected chi connectivity index (χ0v) is 22.9. The Hall–Kier alpha value is -3.69. The van der Waals surface area contributed by atoms with Crippen LogP contribution in [0.2, 0.25) is 5.02 Å². The van der Waals surface area contributed by atoms with E-state index in [0.717, 1.165) is 0 Å². The van der Waals surface area contributed by atoms with Crippen LogP contribution in [0.15, 0.2) is 48.6 Å². The van der Waals surface area contributed by atoms with Crippen molar-refractivity contribution in [2.75, 3.05) is 17.2 Å². The van der Waals surface area contributed by atoms with E-state index < -0.39 is 23.4 Å². The number of hydrogen-bond acceptors (Lipinski definition) is 8. The SMILES string of the molecule is [B]C(Nc1cc(Cl)c2ncc(C#N)c(NCC(C)(C)C)c2c1)(C1=CN(C2(C(F)F)CC2)NN1)c1cccnc1F. The second-order valence-corrected chi connectivity index (χ2v) is 11.7. The van der Waals surface area contributed by atoms with Crippen LogP contribution in [0, 0.1) is 22.7 Å². The van der Waals surface area contributed by atoms with Crippen LogP contribution in [0.1, 0.15) is 44.7 Å². The fourth-order valence-corrected chi connectivity index (χ4v) is 4.86. The molecule has 1 aliphatic carbocycles. The molecule has 4 N–H and O–H groups in total. The first kappa shape index (κ1) is 27.9. The third-order valence-electron chi connectivity index (χ3n) is 7.01. The number of rotatable bonds is 8. The molecule has 40 heavy (non-hydrogen) atoms. The molecule has 2 radical (unpaired) electrons. The van der Waals surface area contributed by atoms with E-state index in [0.29, 0.717) is 34.4 Å². The van der Waals surface area contributed by atoms with Crippen LogP contribution in [0.25, 0.3) is 10.9 Å². The Morgan fingerprint density at radius 2 is 2.02 bits per heavy atom. The molecule has 0 saturated heterocycles. The number of pyridine rings is 2. The van der Waals surface area contributed by atoms with Crippen LogP contribution in [-0.2, 0) is 5.44 Å². The lowest BCUT2D eigenvalue weighted by Crippen LogP contribution is -2.50. The molecule has 0 amide bonds. The highest BCUT2D eigenvalue weighted by atomic mass is 35.5. The summed E-state index contributed by atoms with van der Waals surface area (Å²) in [5.41, 5.74) is 4.14. The van der Waals surface area contributed by atoms with Gasteiger partial charge in [-0.2, -0.15) is 9.65 Å². The molecule has 1 unspecified atom stereocenters. The van der Waals surface area contributed by atoms with Crippen molar-refractivity contribution in [2.24, 2.45) is 5.41 Å². The number of nitrogens with zero attached hydrogens (tertiary/aromatic N) is 4. The summed E-state index contributed by atoms with van der Waals surface area (Å²) in [6.45, 7) is 6.72. The maximum atomic E-state index is 15.1. The molecule has 1 aliphatic heterocycles. The van der Waals surface area contributed by atoms with Gasteiger partial charge in [0.2, 0.25) is 5.95 Å². The average molecular weight is 567 g/mol. The number of nitriles is 1. The predicted molar refractivity (Wildman–Crippen MR) is 149 cm³/mol. The first-order valence-electron chi connectivity index (χ1n) is 12.6. The first-order valence-corrected chi connectivity index (χ1v) is 13.0. The Kier molecular flexibility index (Phi) is 7.00. The first-order chi connectivity index (χ1) is 18.9. The number of alkyl halides is 2. The van der Waals surface area contributed by atoms with E-state index in [1.54, 1.807) is 12.1 Å². The van der Waals surface area contributed by atoms with E-state index in [2.05, 4.69) is 58.4 Å². The standard InChI is InChI=1S/C27H27BClF3N8/c1-25(2,3)14-36-21-15(11-33)12-35-22-17(21)9-16(10-19(22)29)37-27(28,18-5-4-8-34-23(18)30)20-13-40(39-38-20)26(6-7-26)24(31)32/h4-5,8-10,12-13,24,37-39H,6-7,14H2,1-3H3,(H,35,36). The number of fused-ring (bicyclic) bond motifs is 1. The van der Waals surface area contributed by atoms with Crippen molar-refractivity contribution in [3.63, 3.8) is 0 Å². The molecule has 8 nitrogen and oxygen atoms in total. The van der Waals surface area contributed by atoms with Gasteiger partial charge in [-0.3, -0.25) is 9.99 Å². The summed E-state index contributed by atoms with van der Waals surface area (Å²) in [6, 6.07) is 8.42. The minimum absolute atomic E-state index is 0.0366.